The number of nitrogens with two attached hydrogens (primary N) is 1. The van der Waals surface area contributed by atoms with Gasteiger partial charge in [-0.1, -0.05) is 18.2 Å². The Labute approximate surface area is 122 Å². The largest absolute Gasteiger partial charge is 0.416 e. The van der Waals surface area contributed by atoms with E-state index in [9.17, 15) is 18.3 Å². The Morgan fingerprint density at radius 2 is 1.81 bits per heavy atom. The van der Waals surface area contributed by atoms with Gasteiger partial charge in [0.05, 0.1) is 11.2 Å². The van der Waals surface area contributed by atoms with Crippen molar-refractivity contribution in [2.24, 2.45) is 5.73 Å². The summed E-state index contributed by atoms with van der Waals surface area (Å²) in [6.45, 7) is 5.05. The second-order valence-corrected chi connectivity index (χ2v) is 5.62. The van der Waals surface area contributed by atoms with Gasteiger partial charge in [-0.2, -0.15) is 13.2 Å². The summed E-state index contributed by atoms with van der Waals surface area (Å²) in [4.78, 5) is 0. The van der Waals surface area contributed by atoms with Crippen LogP contribution in [0.5, 0.6) is 0 Å². The van der Waals surface area contributed by atoms with Crippen molar-refractivity contribution in [3.05, 3.63) is 35.4 Å². The van der Waals surface area contributed by atoms with Crippen LogP contribution in [0.1, 0.15) is 37.9 Å². The lowest BCUT2D eigenvalue weighted by Crippen LogP contribution is -2.42. The zero-order valence-corrected chi connectivity index (χ0v) is 12.2. The lowest BCUT2D eigenvalue weighted by molar-refractivity contribution is -0.186. The number of aliphatic hydroxyl groups excluding tert-OH is 1. The van der Waals surface area contributed by atoms with Crippen molar-refractivity contribution >= 4 is 0 Å². The van der Waals surface area contributed by atoms with E-state index in [0.29, 0.717) is 0 Å². The molecule has 0 radical (unpaired) electrons. The highest BCUT2D eigenvalue weighted by molar-refractivity contribution is 5.32. The van der Waals surface area contributed by atoms with Gasteiger partial charge in [0.25, 0.3) is 0 Å². The van der Waals surface area contributed by atoms with Gasteiger partial charge in [-0.25, -0.2) is 0 Å². The first kappa shape index (κ1) is 17.9. The number of nitrogens with one attached hydrogen (secondary N) is 1. The summed E-state index contributed by atoms with van der Waals surface area (Å²) in [7, 11) is 0. The Balaban J connectivity index is 2.96. The Morgan fingerprint density at radius 1 is 1.24 bits per heavy atom. The molecule has 0 spiro atoms. The molecular weight excluding hydrogens is 285 g/mol. The maximum absolute atomic E-state index is 13.0. The number of hydrogen-bond donors (Lipinski definition) is 3. The zero-order chi connectivity index (χ0) is 16.3. The number of hydrogen-bond acceptors (Lipinski definition) is 4. The maximum atomic E-state index is 13.0. The van der Waals surface area contributed by atoms with Gasteiger partial charge in [-0.05, 0) is 32.4 Å². The molecule has 1 aromatic rings. The van der Waals surface area contributed by atoms with E-state index in [0.717, 1.165) is 6.07 Å². The number of aliphatic hydroxyl groups is 1. The predicted molar refractivity (Wildman–Crippen MR) is 73.2 cm³/mol. The molecule has 0 saturated heterocycles. The molecule has 2 atom stereocenters. The molecule has 2 unspecified atom stereocenters. The first-order chi connectivity index (χ1) is 9.54. The van der Waals surface area contributed by atoms with Crippen molar-refractivity contribution in [1.82, 2.24) is 5.32 Å². The molecule has 0 saturated carbocycles. The number of rotatable bonds is 5. The van der Waals surface area contributed by atoms with Crippen molar-refractivity contribution in [2.75, 3.05) is 6.54 Å². The summed E-state index contributed by atoms with van der Waals surface area (Å²) in [5.74, 6) is 0. The molecule has 0 aliphatic carbocycles. The van der Waals surface area contributed by atoms with Gasteiger partial charge < -0.3 is 15.6 Å². The Morgan fingerprint density at radius 3 is 2.29 bits per heavy atom. The number of benzene rings is 1. The Bertz CT molecular complexity index is 458. The molecule has 0 heterocycles. The van der Waals surface area contributed by atoms with E-state index in [2.05, 4.69) is 5.32 Å². The van der Waals surface area contributed by atoms with E-state index in [1.54, 1.807) is 20.8 Å². The van der Waals surface area contributed by atoms with E-state index in [-0.39, 0.29) is 12.1 Å². The molecule has 0 bridgehead atoms. The van der Waals surface area contributed by atoms with Gasteiger partial charge in [-0.15, -0.1) is 0 Å². The number of ether oxygens (including phenoxy) is 1. The van der Waals surface area contributed by atoms with Gasteiger partial charge in [0, 0.05) is 12.6 Å². The van der Waals surface area contributed by atoms with Crippen LogP contribution in [0.4, 0.5) is 13.2 Å². The van der Waals surface area contributed by atoms with Crippen LogP contribution >= 0.6 is 0 Å². The fourth-order valence-corrected chi connectivity index (χ4v) is 1.88. The third-order valence-electron chi connectivity index (χ3n) is 2.69. The molecule has 0 aromatic heterocycles. The van der Waals surface area contributed by atoms with Crippen LogP contribution in [-0.4, -0.2) is 23.7 Å². The summed E-state index contributed by atoms with van der Waals surface area (Å²) in [6.07, 6.45) is -5.90. The monoisotopic (exact) mass is 306 g/mol. The van der Waals surface area contributed by atoms with Crippen LogP contribution in [-0.2, 0) is 10.9 Å². The van der Waals surface area contributed by atoms with Gasteiger partial charge in [-0.3, -0.25) is 5.32 Å². The highest BCUT2D eigenvalue weighted by Gasteiger charge is 2.35. The minimum atomic E-state index is -4.48. The molecule has 0 amide bonds. The van der Waals surface area contributed by atoms with Crippen LogP contribution in [0.2, 0.25) is 0 Å². The molecule has 1 rings (SSSR count). The molecule has 21 heavy (non-hydrogen) atoms. The van der Waals surface area contributed by atoms with Crippen LogP contribution in [0.15, 0.2) is 24.3 Å². The first-order valence-corrected chi connectivity index (χ1v) is 6.52. The fourth-order valence-electron chi connectivity index (χ4n) is 1.88. The highest BCUT2D eigenvalue weighted by atomic mass is 19.4. The van der Waals surface area contributed by atoms with Crippen LogP contribution < -0.4 is 11.1 Å². The minimum Gasteiger partial charge on any atom is -0.356 e. The second kappa shape index (κ2) is 6.74. The smallest absolute Gasteiger partial charge is 0.356 e. The quantitative estimate of drug-likeness (QED) is 0.731. The highest BCUT2D eigenvalue weighted by Crippen LogP contribution is 2.34. The van der Waals surface area contributed by atoms with Crippen LogP contribution in [0.25, 0.3) is 0 Å². The third kappa shape index (κ3) is 5.62. The van der Waals surface area contributed by atoms with Gasteiger partial charge in [0.2, 0.25) is 6.41 Å². The third-order valence-corrected chi connectivity index (χ3v) is 2.69. The maximum Gasteiger partial charge on any atom is 0.416 e. The Hall–Kier alpha value is -1.15. The van der Waals surface area contributed by atoms with E-state index in [4.69, 9.17) is 10.5 Å². The lowest BCUT2D eigenvalue weighted by atomic mass is 10.00. The van der Waals surface area contributed by atoms with Crippen molar-refractivity contribution in [2.45, 2.75) is 45.0 Å². The normalized spacial score (nSPS) is 15.8. The Kier molecular flexibility index (Phi) is 5.75. The topological polar surface area (TPSA) is 67.5 Å². The van der Waals surface area contributed by atoms with Crippen molar-refractivity contribution in [3.8, 4) is 0 Å². The van der Waals surface area contributed by atoms with Gasteiger partial charge in [0.15, 0.2) is 0 Å². The molecule has 120 valence electrons. The molecule has 0 fully saturated rings. The minimum absolute atomic E-state index is 0.0240. The van der Waals surface area contributed by atoms with Crippen LogP contribution in [0, 0.1) is 0 Å². The van der Waals surface area contributed by atoms with Crippen molar-refractivity contribution in [1.29, 1.82) is 0 Å². The van der Waals surface area contributed by atoms with E-state index >= 15 is 0 Å². The summed E-state index contributed by atoms with van der Waals surface area (Å²) >= 11 is 0. The van der Waals surface area contributed by atoms with E-state index in [1.807, 2.05) is 0 Å². The number of alkyl halides is 3. The summed E-state index contributed by atoms with van der Waals surface area (Å²) in [5, 5.41) is 12.3. The second-order valence-electron chi connectivity index (χ2n) is 5.62. The number of halogens is 3. The average molecular weight is 306 g/mol. The van der Waals surface area contributed by atoms with Gasteiger partial charge >= 0.3 is 6.18 Å². The van der Waals surface area contributed by atoms with E-state index < -0.39 is 29.8 Å². The first-order valence-electron chi connectivity index (χ1n) is 6.52. The average Bonchev–Trinajstić information content (AvgIpc) is 2.32. The zero-order valence-electron chi connectivity index (χ0n) is 12.2. The van der Waals surface area contributed by atoms with Crippen molar-refractivity contribution < 1.29 is 23.0 Å². The molecule has 4 nitrogen and oxygen atoms in total. The lowest BCUT2D eigenvalue weighted by Gasteiger charge is -2.29. The summed E-state index contributed by atoms with van der Waals surface area (Å²) in [6, 6.07) is 4.24. The summed E-state index contributed by atoms with van der Waals surface area (Å²) in [5.41, 5.74) is 4.08. The van der Waals surface area contributed by atoms with Crippen molar-refractivity contribution in [3.63, 3.8) is 0 Å². The molecule has 4 N–H and O–H groups in total. The summed E-state index contributed by atoms with van der Waals surface area (Å²) < 4.78 is 44.2. The van der Waals surface area contributed by atoms with Gasteiger partial charge in [0.1, 0.15) is 0 Å². The molecule has 7 heteroatoms. The fraction of sp³-hybridized carbons (Fsp3) is 0.571. The molecule has 0 aliphatic heterocycles. The SMILES string of the molecule is CC(C)(C)OC(O)NC(CN)c1ccccc1C(F)(F)F. The standard InChI is InChI=1S/C14H21F3N2O2/c1-13(2,3)21-12(20)19-11(8-18)9-6-4-5-7-10(9)14(15,16)17/h4-7,11-12,19-20H,8,18H2,1-3H3. The molecule has 1 aromatic carbocycles. The van der Waals surface area contributed by atoms with E-state index in [1.165, 1.54) is 18.2 Å². The van der Waals surface area contributed by atoms with Crippen LogP contribution in [0.3, 0.4) is 0 Å². The molecular formula is C14H21F3N2O2. The molecule has 0 aliphatic rings. The predicted octanol–water partition coefficient (Wildman–Crippen LogP) is 2.39.